The van der Waals surface area contributed by atoms with Crippen LogP contribution in [0, 0.1) is 13.8 Å². The second kappa shape index (κ2) is 6.42. The molecule has 0 amide bonds. The predicted octanol–water partition coefficient (Wildman–Crippen LogP) is 4.38. The summed E-state index contributed by atoms with van der Waals surface area (Å²) in [6, 6.07) is 12.9. The maximum absolute atomic E-state index is 5.33. The van der Waals surface area contributed by atoms with E-state index in [1.807, 2.05) is 13.1 Å². The highest BCUT2D eigenvalue weighted by molar-refractivity contribution is 9.10. The van der Waals surface area contributed by atoms with Crippen molar-refractivity contribution in [3.63, 3.8) is 0 Å². The van der Waals surface area contributed by atoms with E-state index < -0.39 is 0 Å². The van der Waals surface area contributed by atoms with Crippen molar-refractivity contribution >= 4 is 15.9 Å². The van der Waals surface area contributed by atoms with Crippen LogP contribution in [0.4, 0.5) is 0 Å². The third-order valence-corrected chi connectivity index (χ3v) is 4.08. The van der Waals surface area contributed by atoms with E-state index in [-0.39, 0.29) is 6.04 Å². The van der Waals surface area contributed by atoms with Crippen LogP contribution < -0.4 is 10.1 Å². The zero-order valence-corrected chi connectivity index (χ0v) is 13.9. The molecule has 0 radical (unpaired) electrons. The van der Waals surface area contributed by atoms with Gasteiger partial charge in [-0.25, -0.2) is 0 Å². The fourth-order valence-corrected chi connectivity index (χ4v) is 3.02. The molecule has 0 fully saturated rings. The lowest BCUT2D eigenvalue weighted by Crippen LogP contribution is -2.18. The molecular formula is C17H20BrNO. The molecule has 2 aromatic rings. The van der Waals surface area contributed by atoms with Gasteiger partial charge in [0.25, 0.3) is 0 Å². The molecule has 0 spiro atoms. The van der Waals surface area contributed by atoms with Gasteiger partial charge in [-0.2, -0.15) is 0 Å². The van der Waals surface area contributed by atoms with Crippen LogP contribution in [0.2, 0.25) is 0 Å². The lowest BCUT2D eigenvalue weighted by Gasteiger charge is -2.20. The Morgan fingerprint density at radius 2 is 1.80 bits per heavy atom. The summed E-state index contributed by atoms with van der Waals surface area (Å²) in [6.07, 6.45) is 0. The summed E-state index contributed by atoms with van der Waals surface area (Å²) in [5.74, 6) is 0.927. The molecule has 0 aliphatic heterocycles. The first kappa shape index (κ1) is 15.1. The molecule has 0 saturated heterocycles. The molecule has 1 N–H and O–H groups in total. The maximum Gasteiger partial charge on any atom is 0.121 e. The molecule has 0 saturated carbocycles. The van der Waals surface area contributed by atoms with Gasteiger partial charge in [0.05, 0.1) is 13.2 Å². The summed E-state index contributed by atoms with van der Waals surface area (Å²) in [5, 5.41) is 3.40. The molecule has 2 nitrogen and oxygen atoms in total. The first-order valence-electron chi connectivity index (χ1n) is 6.64. The smallest absolute Gasteiger partial charge is 0.121 e. The molecule has 0 bridgehead atoms. The second-order valence-electron chi connectivity index (χ2n) is 4.95. The van der Waals surface area contributed by atoms with Crippen LogP contribution in [0.5, 0.6) is 5.75 Å². The van der Waals surface area contributed by atoms with Crippen molar-refractivity contribution < 1.29 is 4.74 Å². The van der Waals surface area contributed by atoms with Crippen LogP contribution in [0.1, 0.15) is 28.3 Å². The number of aryl methyl sites for hydroxylation is 2. The van der Waals surface area contributed by atoms with E-state index >= 15 is 0 Å². The van der Waals surface area contributed by atoms with Crippen LogP contribution in [0.25, 0.3) is 0 Å². The SMILES string of the molecule is CNC(c1ccc(OC)c(C)c1)c1ccc(Br)cc1C. The molecule has 1 unspecified atom stereocenters. The Hall–Kier alpha value is -1.32. The summed E-state index contributed by atoms with van der Waals surface area (Å²) in [4.78, 5) is 0. The fourth-order valence-electron chi connectivity index (χ4n) is 2.55. The van der Waals surface area contributed by atoms with Gasteiger partial charge in [-0.05, 0) is 61.3 Å². The van der Waals surface area contributed by atoms with E-state index in [4.69, 9.17) is 4.74 Å². The van der Waals surface area contributed by atoms with Gasteiger partial charge in [0.2, 0.25) is 0 Å². The quantitative estimate of drug-likeness (QED) is 0.896. The number of halogens is 1. The third-order valence-electron chi connectivity index (χ3n) is 3.58. The number of hydrogen-bond acceptors (Lipinski definition) is 2. The molecule has 1 atom stereocenters. The molecule has 2 aromatic carbocycles. The molecule has 0 aliphatic rings. The highest BCUT2D eigenvalue weighted by Crippen LogP contribution is 2.29. The van der Waals surface area contributed by atoms with Gasteiger partial charge >= 0.3 is 0 Å². The van der Waals surface area contributed by atoms with Gasteiger partial charge in [0, 0.05) is 4.47 Å². The Morgan fingerprint density at radius 1 is 1.05 bits per heavy atom. The summed E-state index contributed by atoms with van der Waals surface area (Å²) in [6.45, 7) is 4.21. The van der Waals surface area contributed by atoms with E-state index in [1.165, 1.54) is 16.7 Å². The Kier molecular flexibility index (Phi) is 4.84. The van der Waals surface area contributed by atoms with E-state index in [0.29, 0.717) is 0 Å². The largest absolute Gasteiger partial charge is 0.496 e. The minimum atomic E-state index is 0.188. The normalized spacial score (nSPS) is 12.2. The number of hydrogen-bond donors (Lipinski definition) is 1. The number of ether oxygens (including phenoxy) is 1. The Bertz CT molecular complexity index is 610. The van der Waals surface area contributed by atoms with Crippen molar-refractivity contribution in [3.8, 4) is 5.75 Å². The summed E-state index contributed by atoms with van der Waals surface area (Å²) in [5.41, 5.74) is 4.96. The van der Waals surface area contributed by atoms with Crippen molar-refractivity contribution in [2.24, 2.45) is 0 Å². The van der Waals surface area contributed by atoms with Gasteiger partial charge in [-0.1, -0.05) is 34.1 Å². The van der Waals surface area contributed by atoms with Crippen molar-refractivity contribution in [2.45, 2.75) is 19.9 Å². The monoisotopic (exact) mass is 333 g/mol. The van der Waals surface area contributed by atoms with Gasteiger partial charge in [0.1, 0.15) is 5.75 Å². The van der Waals surface area contributed by atoms with E-state index in [9.17, 15) is 0 Å². The minimum absolute atomic E-state index is 0.188. The van der Waals surface area contributed by atoms with Gasteiger partial charge in [0.15, 0.2) is 0 Å². The zero-order chi connectivity index (χ0) is 14.7. The topological polar surface area (TPSA) is 21.3 Å². The number of rotatable bonds is 4. The van der Waals surface area contributed by atoms with E-state index in [2.05, 4.69) is 65.4 Å². The molecule has 106 valence electrons. The van der Waals surface area contributed by atoms with E-state index in [0.717, 1.165) is 15.8 Å². The van der Waals surface area contributed by atoms with Crippen LogP contribution in [-0.2, 0) is 0 Å². The van der Waals surface area contributed by atoms with Crippen LogP contribution in [0.3, 0.4) is 0 Å². The zero-order valence-electron chi connectivity index (χ0n) is 12.3. The highest BCUT2D eigenvalue weighted by atomic mass is 79.9. The van der Waals surface area contributed by atoms with Crippen molar-refractivity contribution in [1.29, 1.82) is 0 Å². The fraction of sp³-hybridized carbons (Fsp3) is 0.294. The number of methoxy groups -OCH3 is 1. The predicted molar refractivity (Wildman–Crippen MR) is 87.5 cm³/mol. The van der Waals surface area contributed by atoms with E-state index in [1.54, 1.807) is 7.11 Å². The van der Waals surface area contributed by atoms with Crippen LogP contribution >= 0.6 is 15.9 Å². The molecule has 0 aromatic heterocycles. The lowest BCUT2D eigenvalue weighted by molar-refractivity contribution is 0.411. The number of benzene rings is 2. The van der Waals surface area contributed by atoms with Gasteiger partial charge < -0.3 is 10.1 Å². The summed E-state index contributed by atoms with van der Waals surface area (Å²) >= 11 is 3.52. The minimum Gasteiger partial charge on any atom is -0.496 e. The molecule has 0 aliphatic carbocycles. The first-order chi connectivity index (χ1) is 9.56. The van der Waals surface area contributed by atoms with Crippen molar-refractivity contribution in [1.82, 2.24) is 5.32 Å². The lowest BCUT2D eigenvalue weighted by atomic mass is 9.94. The highest BCUT2D eigenvalue weighted by Gasteiger charge is 2.15. The molecule has 20 heavy (non-hydrogen) atoms. The summed E-state index contributed by atoms with van der Waals surface area (Å²) < 4.78 is 6.44. The van der Waals surface area contributed by atoms with Gasteiger partial charge in [-0.3, -0.25) is 0 Å². The third kappa shape index (κ3) is 3.05. The van der Waals surface area contributed by atoms with Crippen molar-refractivity contribution in [3.05, 3.63) is 63.1 Å². The standard InChI is InChI=1S/C17H20BrNO/c1-11-10-14(18)6-7-15(11)17(19-3)13-5-8-16(20-4)12(2)9-13/h5-10,17,19H,1-4H3. The second-order valence-corrected chi connectivity index (χ2v) is 5.87. The maximum atomic E-state index is 5.33. The molecule has 3 heteroatoms. The molecular weight excluding hydrogens is 314 g/mol. The molecule has 2 rings (SSSR count). The Morgan fingerprint density at radius 3 is 2.35 bits per heavy atom. The van der Waals surface area contributed by atoms with Crippen LogP contribution in [0.15, 0.2) is 40.9 Å². The average molecular weight is 334 g/mol. The van der Waals surface area contributed by atoms with Crippen molar-refractivity contribution in [2.75, 3.05) is 14.2 Å². The molecule has 0 heterocycles. The average Bonchev–Trinajstić information content (AvgIpc) is 2.42. The van der Waals surface area contributed by atoms with Crippen LogP contribution in [-0.4, -0.2) is 14.2 Å². The first-order valence-corrected chi connectivity index (χ1v) is 7.44. The van der Waals surface area contributed by atoms with Gasteiger partial charge in [-0.15, -0.1) is 0 Å². The Labute approximate surface area is 129 Å². The number of nitrogens with one attached hydrogen (secondary N) is 1. The summed E-state index contributed by atoms with van der Waals surface area (Å²) in [7, 11) is 3.70. The Balaban J connectivity index is 2.44.